The fourth-order valence-corrected chi connectivity index (χ4v) is 1.88. The molecule has 1 heterocycles. The average Bonchev–Trinajstić information content (AvgIpc) is 2.73. The Hall–Kier alpha value is -1.53. The van der Waals surface area contributed by atoms with Gasteiger partial charge in [0.25, 0.3) is 0 Å². The van der Waals surface area contributed by atoms with Gasteiger partial charge in [0.15, 0.2) is 0 Å². The molecule has 1 aromatic rings. The van der Waals surface area contributed by atoms with Crippen LogP contribution in [0.5, 0.6) is 5.75 Å². The standard InChI is InChI=1S/C13H15NO2/c1-10-6-7-12(16-10)9-15-13-5-3-2-4-11(13)8-14/h2-5,10,12H,6-7,9H2,1H3. The fourth-order valence-electron chi connectivity index (χ4n) is 1.88. The first-order chi connectivity index (χ1) is 7.79. The van der Waals surface area contributed by atoms with E-state index in [0.29, 0.717) is 24.0 Å². The van der Waals surface area contributed by atoms with Gasteiger partial charge in [0.1, 0.15) is 18.4 Å². The van der Waals surface area contributed by atoms with Crippen LogP contribution in [0, 0.1) is 11.3 Å². The first kappa shape index (κ1) is 11.0. The van der Waals surface area contributed by atoms with Crippen LogP contribution in [-0.4, -0.2) is 18.8 Å². The second-order valence-corrected chi connectivity index (χ2v) is 4.07. The van der Waals surface area contributed by atoms with Gasteiger partial charge < -0.3 is 9.47 Å². The summed E-state index contributed by atoms with van der Waals surface area (Å²) in [5, 5.41) is 8.89. The number of nitriles is 1. The molecule has 2 unspecified atom stereocenters. The minimum absolute atomic E-state index is 0.168. The minimum Gasteiger partial charge on any atom is -0.489 e. The van der Waals surface area contributed by atoms with E-state index in [-0.39, 0.29) is 6.10 Å². The molecule has 0 N–H and O–H groups in total. The van der Waals surface area contributed by atoms with Crippen molar-refractivity contribution in [2.24, 2.45) is 0 Å². The summed E-state index contributed by atoms with van der Waals surface area (Å²) in [6, 6.07) is 9.39. The van der Waals surface area contributed by atoms with Gasteiger partial charge in [0.2, 0.25) is 0 Å². The van der Waals surface area contributed by atoms with Crippen molar-refractivity contribution >= 4 is 0 Å². The number of rotatable bonds is 3. The lowest BCUT2D eigenvalue weighted by atomic mass is 10.2. The summed E-state index contributed by atoms with van der Waals surface area (Å²) in [7, 11) is 0. The van der Waals surface area contributed by atoms with E-state index in [1.807, 2.05) is 18.2 Å². The molecule has 2 rings (SSSR count). The van der Waals surface area contributed by atoms with E-state index in [1.165, 1.54) is 0 Å². The van der Waals surface area contributed by atoms with Crippen molar-refractivity contribution in [3.05, 3.63) is 29.8 Å². The highest BCUT2D eigenvalue weighted by molar-refractivity contribution is 5.42. The zero-order valence-electron chi connectivity index (χ0n) is 9.35. The molecular weight excluding hydrogens is 202 g/mol. The van der Waals surface area contributed by atoms with Crippen LogP contribution in [0.25, 0.3) is 0 Å². The summed E-state index contributed by atoms with van der Waals surface area (Å²) in [5.41, 5.74) is 0.577. The van der Waals surface area contributed by atoms with Crippen molar-refractivity contribution in [3.8, 4) is 11.8 Å². The Morgan fingerprint density at radius 1 is 1.44 bits per heavy atom. The molecule has 1 aromatic carbocycles. The molecule has 3 nitrogen and oxygen atoms in total. The molecule has 1 fully saturated rings. The summed E-state index contributed by atoms with van der Waals surface area (Å²) in [4.78, 5) is 0. The molecule has 0 spiro atoms. The minimum atomic E-state index is 0.168. The van der Waals surface area contributed by atoms with Gasteiger partial charge in [-0.05, 0) is 31.9 Å². The number of ether oxygens (including phenoxy) is 2. The Morgan fingerprint density at radius 2 is 2.25 bits per heavy atom. The Kier molecular flexibility index (Phi) is 3.43. The first-order valence-corrected chi connectivity index (χ1v) is 5.57. The van der Waals surface area contributed by atoms with Crippen molar-refractivity contribution in [3.63, 3.8) is 0 Å². The molecule has 1 saturated heterocycles. The van der Waals surface area contributed by atoms with E-state index in [2.05, 4.69) is 13.0 Å². The third-order valence-electron chi connectivity index (χ3n) is 2.75. The first-order valence-electron chi connectivity index (χ1n) is 5.57. The third kappa shape index (κ3) is 2.53. The molecule has 3 heteroatoms. The van der Waals surface area contributed by atoms with Crippen LogP contribution in [0.3, 0.4) is 0 Å². The highest BCUT2D eigenvalue weighted by atomic mass is 16.5. The smallest absolute Gasteiger partial charge is 0.137 e. The zero-order chi connectivity index (χ0) is 11.4. The summed E-state index contributed by atoms with van der Waals surface area (Å²) < 4.78 is 11.3. The van der Waals surface area contributed by atoms with Gasteiger partial charge in [-0.3, -0.25) is 0 Å². The van der Waals surface area contributed by atoms with Crippen molar-refractivity contribution in [1.82, 2.24) is 0 Å². The van der Waals surface area contributed by atoms with Crippen LogP contribution in [0.15, 0.2) is 24.3 Å². The average molecular weight is 217 g/mol. The predicted octanol–water partition coefficient (Wildman–Crippen LogP) is 2.50. The lowest BCUT2D eigenvalue weighted by molar-refractivity contribution is 0.0264. The summed E-state index contributed by atoms with van der Waals surface area (Å²) in [6.45, 7) is 2.60. The number of nitrogens with zero attached hydrogens (tertiary/aromatic N) is 1. The predicted molar refractivity (Wildman–Crippen MR) is 60.2 cm³/mol. The van der Waals surface area contributed by atoms with Crippen LogP contribution in [0.2, 0.25) is 0 Å². The van der Waals surface area contributed by atoms with E-state index in [0.717, 1.165) is 12.8 Å². The van der Waals surface area contributed by atoms with Crippen molar-refractivity contribution in [1.29, 1.82) is 5.26 Å². The van der Waals surface area contributed by atoms with Crippen molar-refractivity contribution in [2.45, 2.75) is 32.0 Å². The van der Waals surface area contributed by atoms with E-state index < -0.39 is 0 Å². The van der Waals surface area contributed by atoms with Crippen LogP contribution >= 0.6 is 0 Å². The molecule has 16 heavy (non-hydrogen) atoms. The lowest BCUT2D eigenvalue weighted by Gasteiger charge is -2.13. The maximum Gasteiger partial charge on any atom is 0.137 e. The Bertz CT molecular complexity index is 397. The van der Waals surface area contributed by atoms with Gasteiger partial charge in [-0.2, -0.15) is 5.26 Å². The van der Waals surface area contributed by atoms with Crippen molar-refractivity contribution < 1.29 is 9.47 Å². The molecule has 2 atom stereocenters. The molecule has 0 aliphatic carbocycles. The zero-order valence-corrected chi connectivity index (χ0v) is 9.35. The SMILES string of the molecule is CC1CCC(COc2ccccc2C#N)O1. The van der Waals surface area contributed by atoms with E-state index in [9.17, 15) is 0 Å². The number of hydrogen-bond acceptors (Lipinski definition) is 3. The van der Waals surface area contributed by atoms with Crippen LogP contribution in [-0.2, 0) is 4.74 Å². The Balaban J connectivity index is 1.92. The molecule has 0 saturated carbocycles. The van der Waals surface area contributed by atoms with E-state index >= 15 is 0 Å². The molecule has 0 bridgehead atoms. The highest BCUT2D eigenvalue weighted by Crippen LogP contribution is 2.22. The van der Waals surface area contributed by atoms with Crippen LogP contribution < -0.4 is 4.74 Å². The molecule has 0 aromatic heterocycles. The van der Waals surface area contributed by atoms with Gasteiger partial charge in [0.05, 0.1) is 17.8 Å². The summed E-state index contributed by atoms with van der Waals surface area (Å²) in [6.07, 6.45) is 2.63. The topological polar surface area (TPSA) is 42.2 Å². The molecular formula is C13H15NO2. The number of hydrogen-bond donors (Lipinski definition) is 0. The van der Waals surface area contributed by atoms with E-state index in [4.69, 9.17) is 14.7 Å². The van der Waals surface area contributed by atoms with Crippen molar-refractivity contribution in [2.75, 3.05) is 6.61 Å². The molecule has 1 aliphatic rings. The number of benzene rings is 1. The molecule has 0 radical (unpaired) electrons. The normalized spacial score (nSPS) is 24.0. The maximum atomic E-state index is 8.89. The summed E-state index contributed by atoms with van der Waals surface area (Å²) >= 11 is 0. The molecule has 0 amide bonds. The van der Waals surface area contributed by atoms with Crippen LogP contribution in [0.4, 0.5) is 0 Å². The molecule has 84 valence electrons. The summed E-state index contributed by atoms with van der Waals surface area (Å²) in [5.74, 6) is 0.646. The lowest BCUT2D eigenvalue weighted by Crippen LogP contribution is -2.18. The van der Waals surface area contributed by atoms with Gasteiger partial charge in [-0.15, -0.1) is 0 Å². The second kappa shape index (κ2) is 5.00. The van der Waals surface area contributed by atoms with Gasteiger partial charge in [-0.25, -0.2) is 0 Å². The van der Waals surface area contributed by atoms with Gasteiger partial charge in [0, 0.05) is 0 Å². The highest BCUT2D eigenvalue weighted by Gasteiger charge is 2.22. The van der Waals surface area contributed by atoms with Gasteiger partial charge in [-0.1, -0.05) is 12.1 Å². The second-order valence-electron chi connectivity index (χ2n) is 4.07. The Morgan fingerprint density at radius 3 is 2.94 bits per heavy atom. The largest absolute Gasteiger partial charge is 0.489 e. The monoisotopic (exact) mass is 217 g/mol. The third-order valence-corrected chi connectivity index (χ3v) is 2.75. The maximum absolute atomic E-state index is 8.89. The van der Waals surface area contributed by atoms with E-state index in [1.54, 1.807) is 6.07 Å². The fraction of sp³-hybridized carbons (Fsp3) is 0.462. The Labute approximate surface area is 95.6 Å². The number of para-hydroxylation sites is 1. The quantitative estimate of drug-likeness (QED) is 0.781. The van der Waals surface area contributed by atoms with Crippen LogP contribution in [0.1, 0.15) is 25.3 Å². The molecule has 1 aliphatic heterocycles. The van der Waals surface area contributed by atoms with Gasteiger partial charge >= 0.3 is 0 Å².